The maximum absolute atomic E-state index is 2.73. The quantitative estimate of drug-likeness (QED) is 0.163. The van der Waals surface area contributed by atoms with E-state index in [4.69, 9.17) is 0 Å². The summed E-state index contributed by atoms with van der Waals surface area (Å²) in [5.74, 6) is 0. The van der Waals surface area contributed by atoms with Crippen molar-refractivity contribution in [1.82, 2.24) is 4.57 Å². The Balaban J connectivity index is 1.23. The Hall–Kier alpha value is -6.26. The van der Waals surface area contributed by atoms with Gasteiger partial charge in [-0.2, -0.15) is 0 Å². The lowest BCUT2D eigenvalue weighted by molar-refractivity contribution is 0.332. The van der Waals surface area contributed by atoms with Gasteiger partial charge in [0.2, 0.25) is 0 Å². The fourth-order valence-corrected chi connectivity index (χ4v) is 12.8. The van der Waals surface area contributed by atoms with Gasteiger partial charge in [0.15, 0.2) is 0 Å². The predicted molar refractivity (Wildman–Crippen MR) is 283 cm³/mol. The monoisotopic (exact) mass is 860 g/mol. The molecule has 7 aromatic carbocycles. The molecule has 2 aliphatic heterocycles. The molecule has 0 radical (unpaired) electrons. The number of aromatic nitrogens is 1. The van der Waals surface area contributed by atoms with E-state index in [1.165, 1.54) is 130 Å². The van der Waals surface area contributed by atoms with Crippen LogP contribution in [0.1, 0.15) is 120 Å². The van der Waals surface area contributed by atoms with Crippen LogP contribution in [0.15, 0.2) is 133 Å². The zero-order valence-electron chi connectivity index (χ0n) is 41.0. The first kappa shape index (κ1) is 41.2. The molecule has 0 atom stereocenters. The molecular formula is C62H62BN3. The van der Waals surface area contributed by atoms with Crippen molar-refractivity contribution in [2.75, 3.05) is 9.80 Å². The third kappa shape index (κ3) is 5.57. The van der Waals surface area contributed by atoms with Gasteiger partial charge in [0.05, 0.1) is 0 Å². The summed E-state index contributed by atoms with van der Waals surface area (Å²) >= 11 is 0. The standard InChI is InChI=1S/C62H62BN3/c1-37-20-13-17-26-49(37)64(50-27-18-14-21-38(50)2)41-28-29-47-52(35-41)65(51-36-46-45(32-39(51)3)60(7,8)30-31-61(46,9)10)53-33-40(59(4,5)6)34-54-56(53)63(47)48-25-19-23-43-55-42-22-15-16-24-44(42)62(11,12)58(55)66(54)57(43)48/h13-29,32-36H,30-31H2,1-12H3. The third-order valence-corrected chi connectivity index (χ3v) is 16.5. The number of hydrogen-bond donors (Lipinski definition) is 0. The summed E-state index contributed by atoms with van der Waals surface area (Å²) in [4.78, 5) is 5.21. The van der Waals surface area contributed by atoms with E-state index in [-0.39, 0.29) is 28.4 Å². The number of aryl methyl sites for hydroxylation is 3. The highest BCUT2D eigenvalue weighted by molar-refractivity contribution is 7.00. The first-order chi connectivity index (χ1) is 31.4. The lowest BCUT2D eigenvalue weighted by Gasteiger charge is -2.45. The van der Waals surface area contributed by atoms with Crippen molar-refractivity contribution in [3.05, 3.63) is 178 Å². The van der Waals surface area contributed by atoms with E-state index < -0.39 is 0 Å². The number of rotatable bonds is 4. The third-order valence-electron chi connectivity index (χ3n) is 16.5. The van der Waals surface area contributed by atoms with Gasteiger partial charge in [0.1, 0.15) is 0 Å². The smallest absolute Gasteiger partial charge is 0.252 e. The molecule has 4 aliphatic rings. The first-order valence-corrected chi connectivity index (χ1v) is 24.4. The molecule has 0 unspecified atom stereocenters. The molecule has 0 fully saturated rings. The van der Waals surface area contributed by atoms with Gasteiger partial charge in [-0.05, 0) is 153 Å². The Morgan fingerprint density at radius 1 is 0.545 bits per heavy atom. The van der Waals surface area contributed by atoms with E-state index in [1.54, 1.807) is 0 Å². The van der Waals surface area contributed by atoms with Gasteiger partial charge in [-0.3, -0.25) is 0 Å². The zero-order chi connectivity index (χ0) is 46.0. The molecule has 4 heteroatoms. The van der Waals surface area contributed by atoms with Gasteiger partial charge < -0.3 is 14.4 Å². The van der Waals surface area contributed by atoms with Gasteiger partial charge in [0.25, 0.3) is 6.71 Å². The normalized spacial score (nSPS) is 16.7. The van der Waals surface area contributed by atoms with Crippen molar-refractivity contribution in [2.45, 2.75) is 118 Å². The lowest BCUT2D eigenvalue weighted by Crippen LogP contribution is -2.60. The Morgan fingerprint density at radius 2 is 1.17 bits per heavy atom. The molecule has 3 heterocycles. The molecule has 66 heavy (non-hydrogen) atoms. The highest BCUT2D eigenvalue weighted by Gasteiger charge is 2.48. The Kier molecular flexibility index (Phi) is 8.53. The van der Waals surface area contributed by atoms with Crippen molar-refractivity contribution >= 4 is 68.1 Å². The maximum atomic E-state index is 2.73. The van der Waals surface area contributed by atoms with Crippen LogP contribution in [0.25, 0.3) is 27.7 Å². The molecule has 328 valence electrons. The SMILES string of the molecule is Cc1ccccc1N(c1ccc2c(c1)N(c1cc3c(cc1C)C(C)(C)CCC3(C)C)c1cc(C(C)(C)C)cc3c1B2c1cccc2c4c(n-3c12)C(C)(C)c1ccccc1-4)c1ccccc1C. The first-order valence-electron chi connectivity index (χ1n) is 24.4. The summed E-state index contributed by atoms with van der Waals surface area (Å²) in [5, 5.41) is 1.36. The van der Waals surface area contributed by atoms with E-state index in [9.17, 15) is 0 Å². The maximum Gasteiger partial charge on any atom is 0.252 e. The molecule has 0 amide bonds. The van der Waals surface area contributed by atoms with Crippen LogP contribution in [0.3, 0.4) is 0 Å². The van der Waals surface area contributed by atoms with Gasteiger partial charge in [-0.15, -0.1) is 0 Å². The number of benzene rings is 7. The van der Waals surface area contributed by atoms with Crippen molar-refractivity contribution in [3.63, 3.8) is 0 Å². The second kappa shape index (κ2) is 13.7. The minimum atomic E-state index is -0.192. The summed E-state index contributed by atoms with van der Waals surface area (Å²) in [6, 6.07) is 51.8. The van der Waals surface area contributed by atoms with Crippen LogP contribution in [-0.4, -0.2) is 11.3 Å². The topological polar surface area (TPSA) is 11.4 Å². The summed E-state index contributed by atoms with van der Waals surface area (Å²) in [6.07, 6.45) is 2.35. The van der Waals surface area contributed by atoms with Crippen LogP contribution in [-0.2, 0) is 21.7 Å². The van der Waals surface area contributed by atoms with E-state index in [2.05, 4.69) is 231 Å². The molecule has 3 nitrogen and oxygen atoms in total. The summed E-state index contributed by atoms with van der Waals surface area (Å²) in [5.41, 5.74) is 27.8. The van der Waals surface area contributed by atoms with Gasteiger partial charge >= 0.3 is 0 Å². The van der Waals surface area contributed by atoms with Crippen LogP contribution in [0, 0.1) is 20.8 Å². The highest BCUT2D eigenvalue weighted by Crippen LogP contribution is 2.56. The van der Waals surface area contributed by atoms with Gasteiger partial charge in [0, 0.05) is 67.4 Å². The molecule has 1 aromatic heterocycles. The van der Waals surface area contributed by atoms with Crippen LogP contribution < -0.4 is 26.2 Å². The minimum Gasteiger partial charge on any atom is -0.313 e. The van der Waals surface area contributed by atoms with Gasteiger partial charge in [-0.25, -0.2) is 0 Å². The van der Waals surface area contributed by atoms with Crippen molar-refractivity contribution in [3.8, 4) is 16.8 Å². The molecular weight excluding hydrogens is 798 g/mol. The Labute approximate surface area is 393 Å². The van der Waals surface area contributed by atoms with Crippen LogP contribution in [0.4, 0.5) is 34.1 Å². The van der Waals surface area contributed by atoms with E-state index in [1.807, 2.05) is 0 Å². The number of fused-ring (bicyclic) bond motifs is 10. The molecule has 0 saturated heterocycles. The highest BCUT2D eigenvalue weighted by atomic mass is 15.2. The molecule has 12 rings (SSSR count). The van der Waals surface area contributed by atoms with Crippen molar-refractivity contribution < 1.29 is 0 Å². The second-order valence-corrected chi connectivity index (χ2v) is 23.0. The Bertz CT molecular complexity index is 3340. The Morgan fingerprint density at radius 3 is 1.83 bits per heavy atom. The van der Waals surface area contributed by atoms with Crippen LogP contribution >= 0.6 is 0 Å². The molecule has 0 bridgehead atoms. The van der Waals surface area contributed by atoms with Gasteiger partial charge in [-0.1, -0.05) is 153 Å². The van der Waals surface area contributed by atoms with Crippen molar-refractivity contribution in [2.24, 2.45) is 0 Å². The average molecular weight is 860 g/mol. The summed E-state index contributed by atoms with van der Waals surface area (Å²) in [7, 11) is 0. The summed E-state index contributed by atoms with van der Waals surface area (Å²) < 4.78 is 2.73. The number of anilines is 6. The van der Waals surface area contributed by atoms with E-state index >= 15 is 0 Å². The average Bonchev–Trinajstić information content (AvgIpc) is 3.75. The lowest BCUT2D eigenvalue weighted by atomic mass is 9.33. The van der Waals surface area contributed by atoms with Crippen LogP contribution in [0.2, 0.25) is 0 Å². The fourth-order valence-electron chi connectivity index (χ4n) is 12.8. The molecule has 2 aliphatic carbocycles. The fraction of sp³-hybridized carbons (Fsp3) is 0.290. The second-order valence-electron chi connectivity index (χ2n) is 23.0. The van der Waals surface area contributed by atoms with Crippen LogP contribution in [0.5, 0.6) is 0 Å². The number of para-hydroxylation sites is 3. The number of hydrogen-bond acceptors (Lipinski definition) is 2. The van der Waals surface area contributed by atoms with E-state index in [0.29, 0.717) is 0 Å². The molecule has 0 saturated carbocycles. The molecule has 0 N–H and O–H groups in total. The summed E-state index contributed by atoms with van der Waals surface area (Å²) in [6.45, 7) is 28.8. The largest absolute Gasteiger partial charge is 0.313 e. The minimum absolute atomic E-state index is 0.0348. The predicted octanol–water partition coefficient (Wildman–Crippen LogP) is 14.6. The molecule has 8 aromatic rings. The van der Waals surface area contributed by atoms with E-state index in [0.717, 1.165) is 5.69 Å². The number of nitrogens with zero attached hydrogens (tertiary/aromatic N) is 3. The van der Waals surface area contributed by atoms with Crippen molar-refractivity contribution in [1.29, 1.82) is 0 Å². The molecule has 0 spiro atoms. The zero-order valence-corrected chi connectivity index (χ0v) is 41.0.